The highest BCUT2D eigenvalue weighted by Crippen LogP contribution is 2.34. The van der Waals surface area contributed by atoms with Crippen LogP contribution in [0, 0.1) is 6.92 Å². The molecule has 0 bridgehead atoms. The Morgan fingerprint density at radius 3 is 2.54 bits per heavy atom. The third kappa shape index (κ3) is 6.02. The first-order valence-corrected chi connectivity index (χ1v) is 13.2. The number of para-hydroxylation sites is 1. The second-order valence-corrected chi connectivity index (χ2v) is 10.7. The maximum Gasteiger partial charge on any atom is 0.264 e. The smallest absolute Gasteiger partial charge is 0.264 e. The number of halogens is 2. The number of nitrogens with zero attached hydrogens (tertiary/aromatic N) is 3. The lowest BCUT2D eigenvalue weighted by Crippen LogP contribution is -2.39. The van der Waals surface area contributed by atoms with Crippen molar-refractivity contribution in [1.82, 2.24) is 10.4 Å². The Kier molecular flexibility index (Phi) is 7.97. The molecular formula is C26H22Cl2N4O4S. The van der Waals surface area contributed by atoms with Crippen molar-refractivity contribution in [3.63, 3.8) is 0 Å². The van der Waals surface area contributed by atoms with Crippen LogP contribution in [0.5, 0.6) is 5.75 Å². The topological polar surface area (TPSA) is 101 Å². The van der Waals surface area contributed by atoms with Crippen molar-refractivity contribution in [2.75, 3.05) is 18.0 Å². The minimum atomic E-state index is -4.17. The third-order valence-corrected chi connectivity index (χ3v) is 7.72. The SMILES string of the molecule is COc1ccc(Cl)cc1N(CC(=O)NN=Cc1cc2ccccc2nc1Cl)S(=O)(=O)c1ccc(C)cc1. The number of hydrazone groups is 1. The Hall–Kier alpha value is -3.66. The number of anilines is 1. The average Bonchev–Trinajstić information content (AvgIpc) is 2.87. The molecular weight excluding hydrogens is 535 g/mol. The van der Waals surface area contributed by atoms with Gasteiger partial charge in [-0.3, -0.25) is 9.10 Å². The molecule has 11 heteroatoms. The molecule has 37 heavy (non-hydrogen) atoms. The van der Waals surface area contributed by atoms with Gasteiger partial charge in [-0.15, -0.1) is 0 Å². The van der Waals surface area contributed by atoms with Gasteiger partial charge in [0.15, 0.2) is 0 Å². The summed E-state index contributed by atoms with van der Waals surface area (Å²) in [6.07, 6.45) is 1.35. The van der Waals surface area contributed by atoms with Gasteiger partial charge in [0.2, 0.25) is 0 Å². The monoisotopic (exact) mass is 556 g/mol. The highest BCUT2D eigenvalue weighted by Gasteiger charge is 2.29. The van der Waals surface area contributed by atoms with Crippen molar-refractivity contribution in [3.05, 3.63) is 94.1 Å². The van der Waals surface area contributed by atoms with Gasteiger partial charge in [0, 0.05) is 16.0 Å². The van der Waals surface area contributed by atoms with E-state index in [2.05, 4.69) is 15.5 Å². The van der Waals surface area contributed by atoms with Crippen molar-refractivity contribution >= 4 is 61.9 Å². The number of fused-ring (bicyclic) bond motifs is 1. The van der Waals surface area contributed by atoms with E-state index in [1.165, 1.54) is 37.6 Å². The summed E-state index contributed by atoms with van der Waals surface area (Å²) < 4.78 is 33.5. The molecule has 4 aromatic rings. The van der Waals surface area contributed by atoms with Gasteiger partial charge in [-0.05, 0) is 49.4 Å². The molecule has 4 rings (SSSR count). The summed E-state index contributed by atoms with van der Waals surface area (Å²) >= 11 is 12.4. The van der Waals surface area contributed by atoms with Crippen LogP contribution in [0.3, 0.4) is 0 Å². The Balaban J connectivity index is 1.62. The molecule has 0 atom stereocenters. The number of amides is 1. The number of carbonyl (C=O) groups is 1. The zero-order valence-electron chi connectivity index (χ0n) is 19.9. The number of rotatable bonds is 8. The van der Waals surface area contributed by atoms with Crippen LogP contribution in [-0.4, -0.2) is 39.2 Å². The summed E-state index contributed by atoms with van der Waals surface area (Å²) in [7, 11) is -2.77. The predicted octanol–water partition coefficient (Wildman–Crippen LogP) is 5.20. The van der Waals surface area contributed by atoms with Crippen molar-refractivity contribution in [3.8, 4) is 5.75 Å². The standard InChI is InChI=1S/C26H22Cl2N4O4S/c1-17-7-10-21(11-8-17)37(34,35)32(23-14-20(27)9-12-24(23)36-2)16-25(33)31-29-15-19-13-18-5-3-4-6-22(18)30-26(19)28/h3-15H,16H2,1-2H3,(H,31,33). The summed E-state index contributed by atoms with van der Waals surface area (Å²) in [6.45, 7) is 1.25. The van der Waals surface area contributed by atoms with Crippen molar-refractivity contribution in [2.24, 2.45) is 5.10 Å². The van der Waals surface area contributed by atoms with Crippen LogP contribution in [0.15, 0.2) is 82.8 Å². The molecule has 0 aliphatic carbocycles. The Morgan fingerprint density at radius 1 is 1.08 bits per heavy atom. The molecule has 8 nitrogen and oxygen atoms in total. The van der Waals surface area contributed by atoms with Gasteiger partial charge < -0.3 is 4.74 Å². The number of hydrogen-bond donors (Lipinski definition) is 1. The first kappa shape index (κ1) is 26.4. The van der Waals surface area contributed by atoms with Gasteiger partial charge in [-0.1, -0.05) is 59.1 Å². The summed E-state index contributed by atoms with van der Waals surface area (Å²) in [5.41, 5.74) is 4.56. The van der Waals surface area contributed by atoms with E-state index < -0.39 is 22.5 Å². The van der Waals surface area contributed by atoms with Crippen molar-refractivity contribution in [2.45, 2.75) is 11.8 Å². The molecule has 1 N–H and O–H groups in total. The minimum Gasteiger partial charge on any atom is -0.495 e. The van der Waals surface area contributed by atoms with Gasteiger partial charge in [0.25, 0.3) is 15.9 Å². The fourth-order valence-corrected chi connectivity index (χ4v) is 5.32. The lowest BCUT2D eigenvalue weighted by molar-refractivity contribution is -0.119. The fourth-order valence-electron chi connectivity index (χ4n) is 3.53. The lowest BCUT2D eigenvalue weighted by Gasteiger charge is -2.25. The van der Waals surface area contributed by atoms with Crippen LogP contribution < -0.4 is 14.5 Å². The van der Waals surface area contributed by atoms with Gasteiger partial charge in [0.1, 0.15) is 17.4 Å². The highest BCUT2D eigenvalue weighted by molar-refractivity contribution is 7.92. The fraction of sp³-hybridized carbons (Fsp3) is 0.115. The second kappa shape index (κ2) is 11.2. The normalized spacial score (nSPS) is 11.6. The van der Waals surface area contributed by atoms with E-state index in [-0.39, 0.29) is 26.5 Å². The zero-order chi connectivity index (χ0) is 26.6. The summed E-state index contributed by atoms with van der Waals surface area (Å²) in [5, 5.41) is 5.29. The molecule has 1 aromatic heterocycles. The number of hydrogen-bond acceptors (Lipinski definition) is 6. The van der Waals surface area contributed by atoms with E-state index in [9.17, 15) is 13.2 Å². The number of nitrogens with one attached hydrogen (secondary N) is 1. The molecule has 190 valence electrons. The number of aromatic nitrogens is 1. The van der Waals surface area contributed by atoms with E-state index in [0.717, 1.165) is 20.8 Å². The van der Waals surface area contributed by atoms with E-state index in [4.69, 9.17) is 27.9 Å². The first-order valence-electron chi connectivity index (χ1n) is 11.0. The maximum absolute atomic E-state index is 13.6. The van der Waals surface area contributed by atoms with Crippen molar-refractivity contribution in [1.29, 1.82) is 0 Å². The largest absolute Gasteiger partial charge is 0.495 e. The second-order valence-electron chi connectivity index (χ2n) is 8.00. The highest BCUT2D eigenvalue weighted by atomic mass is 35.5. The van der Waals surface area contributed by atoms with Crippen LogP contribution in [-0.2, 0) is 14.8 Å². The molecule has 0 radical (unpaired) electrons. The van der Waals surface area contributed by atoms with Gasteiger partial charge in [0.05, 0.1) is 29.4 Å². The lowest BCUT2D eigenvalue weighted by atomic mass is 10.2. The maximum atomic E-state index is 13.6. The number of carbonyl (C=O) groups excluding carboxylic acids is 1. The molecule has 0 saturated heterocycles. The van der Waals surface area contributed by atoms with Crippen molar-refractivity contribution < 1.29 is 17.9 Å². The number of pyridine rings is 1. The number of ether oxygens (including phenoxy) is 1. The number of methoxy groups -OCH3 is 1. The van der Waals surface area contributed by atoms with Crippen LogP contribution in [0.25, 0.3) is 10.9 Å². The van der Waals surface area contributed by atoms with Crippen LogP contribution in [0.1, 0.15) is 11.1 Å². The van der Waals surface area contributed by atoms with Gasteiger partial charge in [-0.25, -0.2) is 18.8 Å². The van der Waals surface area contributed by atoms with E-state index in [0.29, 0.717) is 5.56 Å². The van der Waals surface area contributed by atoms with Gasteiger partial charge >= 0.3 is 0 Å². The summed E-state index contributed by atoms with van der Waals surface area (Å²) in [5.74, 6) is -0.468. The Labute approximate surface area is 224 Å². The quantitative estimate of drug-likeness (QED) is 0.182. The number of aryl methyl sites for hydroxylation is 1. The number of sulfonamides is 1. The first-order chi connectivity index (χ1) is 17.7. The molecule has 0 spiro atoms. The number of benzene rings is 3. The summed E-state index contributed by atoms with van der Waals surface area (Å²) in [6, 6.07) is 20.0. The molecule has 3 aromatic carbocycles. The molecule has 0 aliphatic rings. The molecule has 0 fully saturated rings. The zero-order valence-corrected chi connectivity index (χ0v) is 22.2. The summed E-state index contributed by atoms with van der Waals surface area (Å²) in [4.78, 5) is 17.2. The minimum absolute atomic E-state index is 0.00505. The van der Waals surface area contributed by atoms with E-state index in [1.54, 1.807) is 24.3 Å². The van der Waals surface area contributed by atoms with E-state index >= 15 is 0 Å². The predicted molar refractivity (Wildman–Crippen MR) is 146 cm³/mol. The molecule has 0 unspecified atom stereocenters. The van der Waals surface area contributed by atoms with Crippen LogP contribution in [0.2, 0.25) is 10.2 Å². The Morgan fingerprint density at radius 2 is 1.81 bits per heavy atom. The van der Waals surface area contributed by atoms with Crippen LogP contribution in [0.4, 0.5) is 5.69 Å². The van der Waals surface area contributed by atoms with Crippen LogP contribution >= 0.6 is 23.2 Å². The average molecular weight is 557 g/mol. The Bertz CT molecular complexity index is 1590. The molecule has 0 saturated carbocycles. The van der Waals surface area contributed by atoms with E-state index in [1.807, 2.05) is 31.2 Å². The molecule has 0 aliphatic heterocycles. The molecule has 1 amide bonds. The molecule has 1 heterocycles. The van der Waals surface area contributed by atoms with Gasteiger partial charge in [-0.2, -0.15) is 5.10 Å². The third-order valence-electron chi connectivity index (χ3n) is 5.40.